The van der Waals surface area contributed by atoms with E-state index in [2.05, 4.69) is 5.10 Å². The maximum Gasteiger partial charge on any atom is 0.194 e. The number of nitrogens with two attached hydrogens (primary N) is 1. The highest BCUT2D eigenvalue weighted by molar-refractivity contribution is 7.90. The lowest BCUT2D eigenvalue weighted by atomic mass is 10.3. The van der Waals surface area contributed by atoms with Crippen LogP contribution in [0.4, 0.5) is 10.2 Å². The Bertz CT molecular complexity index is 647. The molecule has 0 bridgehead atoms. The zero-order chi connectivity index (χ0) is 12.6. The maximum atomic E-state index is 12.7. The Morgan fingerprint density at radius 1 is 1.29 bits per heavy atom. The summed E-state index contributed by atoms with van der Waals surface area (Å²) in [5.74, 6) is -0.208. The lowest BCUT2D eigenvalue weighted by Crippen LogP contribution is -2.03. The summed E-state index contributed by atoms with van der Waals surface area (Å²) in [5, 5.41) is 3.75. The van der Waals surface area contributed by atoms with Crippen molar-refractivity contribution in [1.82, 2.24) is 9.78 Å². The normalized spacial score (nSPS) is 11.6. The molecule has 0 aliphatic carbocycles. The third-order valence-electron chi connectivity index (χ3n) is 2.17. The quantitative estimate of drug-likeness (QED) is 0.868. The predicted octanol–water partition coefficient (Wildman–Crippen LogP) is 0.997. The van der Waals surface area contributed by atoms with Crippen LogP contribution in [0.25, 0.3) is 5.69 Å². The van der Waals surface area contributed by atoms with Crippen LogP contribution in [-0.4, -0.2) is 24.5 Å². The summed E-state index contributed by atoms with van der Waals surface area (Å²) in [6.45, 7) is 0. The summed E-state index contributed by atoms with van der Waals surface area (Å²) in [4.78, 5) is 0. The Balaban J connectivity index is 2.54. The van der Waals surface area contributed by atoms with Gasteiger partial charge < -0.3 is 5.73 Å². The van der Waals surface area contributed by atoms with E-state index in [1.54, 1.807) is 0 Å². The molecule has 7 heteroatoms. The summed E-state index contributed by atoms with van der Waals surface area (Å²) in [7, 11) is -3.41. The topological polar surface area (TPSA) is 78.0 Å². The maximum absolute atomic E-state index is 12.7. The van der Waals surface area contributed by atoms with Crippen molar-refractivity contribution in [1.29, 1.82) is 0 Å². The molecule has 1 aromatic heterocycles. The van der Waals surface area contributed by atoms with Crippen molar-refractivity contribution in [2.24, 2.45) is 0 Å². The molecule has 1 heterocycles. The summed E-state index contributed by atoms with van der Waals surface area (Å²) in [6, 6.07) is 6.68. The summed E-state index contributed by atoms with van der Waals surface area (Å²) in [6.07, 6.45) is 1.05. The third kappa shape index (κ3) is 2.28. The van der Waals surface area contributed by atoms with Crippen LogP contribution in [0.3, 0.4) is 0 Å². The molecule has 90 valence electrons. The first-order chi connectivity index (χ1) is 7.88. The molecule has 0 atom stereocenters. The minimum absolute atomic E-state index is 0.112. The molecular weight excluding hydrogens is 245 g/mol. The van der Waals surface area contributed by atoms with Gasteiger partial charge in [0.15, 0.2) is 14.9 Å². The van der Waals surface area contributed by atoms with Crippen molar-refractivity contribution in [2.75, 3.05) is 12.0 Å². The van der Waals surface area contributed by atoms with Gasteiger partial charge in [0.25, 0.3) is 0 Å². The standard InChI is InChI=1S/C10H10FN3O2S/c1-17(15,16)10-6-9(12)14(13-10)8-4-2-7(11)3-5-8/h2-6H,12H2,1H3. The van der Waals surface area contributed by atoms with Gasteiger partial charge in [-0.2, -0.15) is 5.10 Å². The molecule has 1 aromatic carbocycles. The molecule has 0 aliphatic heterocycles. The summed E-state index contributed by atoms with van der Waals surface area (Å²) < 4.78 is 36.6. The molecule has 0 saturated heterocycles. The monoisotopic (exact) mass is 255 g/mol. The Hall–Kier alpha value is -1.89. The molecule has 5 nitrogen and oxygen atoms in total. The first-order valence-corrected chi connectivity index (χ1v) is 6.58. The highest BCUT2D eigenvalue weighted by Gasteiger charge is 2.15. The van der Waals surface area contributed by atoms with Gasteiger partial charge in [-0.15, -0.1) is 0 Å². The van der Waals surface area contributed by atoms with Crippen LogP contribution in [0.15, 0.2) is 35.4 Å². The van der Waals surface area contributed by atoms with Crippen LogP contribution in [0.5, 0.6) is 0 Å². The van der Waals surface area contributed by atoms with Crippen molar-refractivity contribution in [3.8, 4) is 5.69 Å². The number of rotatable bonds is 2. The fourth-order valence-electron chi connectivity index (χ4n) is 1.34. The van der Waals surface area contributed by atoms with Gasteiger partial charge in [0.2, 0.25) is 0 Å². The second-order valence-corrected chi connectivity index (χ2v) is 5.53. The van der Waals surface area contributed by atoms with Crippen molar-refractivity contribution in [3.05, 3.63) is 36.1 Å². The first kappa shape index (κ1) is 11.6. The molecule has 17 heavy (non-hydrogen) atoms. The Morgan fingerprint density at radius 3 is 2.35 bits per heavy atom. The van der Waals surface area contributed by atoms with E-state index in [4.69, 9.17) is 5.73 Å². The van der Waals surface area contributed by atoms with Crippen molar-refractivity contribution in [3.63, 3.8) is 0 Å². The lowest BCUT2D eigenvalue weighted by molar-refractivity contribution is 0.596. The number of sulfone groups is 1. The number of hydrogen-bond acceptors (Lipinski definition) is 4. The highest BCUT2D eigenvalue weighted by atomic mass is 32.2. The number of hydrogen-bond donors (Lipinski definition) is 1. The fraction of sp³-hybridized carbons (Fsp3) is 0.100. The zero-order valence-electron chi connectivity index (χ0n) is 8.96. The number of anilines is 1. The lowest BCUT2D eigenvalue weighted by Gasteiger charge is -2.02. The smallest absolute Gasteiger partial charge is 0.194 e. The zero-order valence-corrected chi connectivity index (χ0v) is 9.78. The van der Waals surface area contributed by atoms with E-state index in [9.17, 15) is 12.8 Å². The van der Waals surface area contributed by atoms with Crippen molar-refractivity contribution >= 4 is 15.7 Å². The molecule has 2 N–H and O–H groups in total. The molecule has 0 radical (unpaired) electrons. The van der Waals surface area contributed by atoms with Crippen LogP contribution in [0.1, 0.15) is 0 Å². The molecule has 0 unspecified atom stereocenters. The largest absolute Gasteiger partial charge is 0.384 e. The van der Waals surface area contributed by atoms with E-state index < -0.39 is 9.84 Å². The Morgan fingerprint density at radius 2 is 1.88 bits per heavy atom. The van der Waals surface area contributed by atoms with Gasteiger partial charge in [0.1, 0.15) is 11.6 Å². The van der Waals surface area contributed by atoms with Gasteiger partial charge in [-0.1, -0.05) is 0 Å². The minimum Gasteiger partial charge on any atom is -0.384 e. The minimum atomic E-state index is -3.41. The highest BCUT2D eigenvalue weighted by Crippen LogP contribution is 2.17. The average Bonchev–Trinajstić information content (AvgIpc) is 2.61. The van der Waals surface area contributed by atoms with E-state index >= 15 is 0 Å². The van der Waals surface area contributed by atoms with Gasteiger partial charge >= 0.3 is 0 Å². The molecule has 0 aliphatic rings. The molecule has 0 saturated carbocycles. The van der Waals surface area contributed by atoms with Crippen molar-refractivity contribution < 1.29 is 12.8 Å². The van der Waals surface area contributed by atoms with Crippen LogP contribution >= 0.6 is 0 Å². The first-order valence-electron chi connectivity index (χ1n) is 4.69. The van der Waals surface area contributed by atoms with E-state index in [1.807, 2.05) is 0 Å². The second-order valence-electron chi connectivity index (χ2n) is 3.57. The fourth-order valence-corrected chi connectivity index (χ4v) is 1.91. The summed E-state index contributed by atoms with van der Waals surface area (Å²) in [5.41, 5.74) is 6.15. The van der Waals surface area contributed by atoms with Crippen LogP contribution in [0.2, 0.25) is 0 Å². The molecule has 0 spiro atoms. The summed E-state index contributed by atoms with van der Waals surface area (Å²) >= 11 is 0. The van der Waals surface area contributed by atoms with Gasteiger partial charge in [0.05, 0.1) is 5.69 Å². The van der Waals surface area contributed by atoms with E-state index in [0.29, 0.717) is 5.69 Å². The molecule has 0 amide bonds. The van der Waals surface area contributed by atoms with E-state index in [1.165, 1.54) is 35.0 Å². The SMILES string of the molecule is CS(=O)(=O)c1cc(N)n(-c2ccc(F)cc2)n1. The number of halogens is 1. The Labute approximate surface area is 97.6 Å². The predicted molar refractivity (Wildman–Crippen MR) is 61.0 cm³/mol. The number of aromatic nitrogens is 2. The van der Waals surface area contributed by atoms with Crippen LogP contribution in [0, 0.1) is 5.82 Å². The van der Waals surface area contributed by atoms with Gasteiger partial charge in [0, 0.05) is 12.3 Å². The van der Waals surface area contributed by atoms with Gasteiger partial charge in [-0.3, -0.25) is 0 Å². The van der Waals surface area contributed by atoms with E-state index in [-0.39, 0.29) is 16.7 Å². The number of benzene rings is 1. The average molecular weight is 255 g/mol. The molecular formula is C10H10FN3O2S. The molecule has 2 rings (SSSR count). The van der Waals surface area contributed by atoms with Crippen molar-refractivity contribution in [2.45, 2.75) is 5.03 Å². The number of nitrogen functional groups attached to an aromatic ring is 1. The van der Waals surface area contributed by atoms with Crippen LogP contribution in [-0.2, 0) is 9.84 Å². The second kappa shape index (κ2) is 3.85. The Kier molecular flexibility index (Phi) is 2.62. The molecule has 2 aromatic rings. The van der Waals surface area contributed by atoms with E-state index in [0.717, 1.165) is 6.26 Å². The number of nitrogens with zero attached hydrogens (tertiary/aromatic N) is 2. The molecule has 0 fully saturated rings. The van der Waals surface area contributed by atoms with Gasteiger partial charge in [-0.05, 0) is 24.3 Å². The third-order valence-corrected chi connectivity index (χ3v) is 3.12. The van der Waals surface area contributed by atoms with Crippen LogP contribution < -0.4 is 5.73 Å². The van der Waals surface area contributed by atoms with Gasteiger partial charge in [-0.25, -0.2) is 17.5 Å².